The third kappa shape index (κ3) is 2.10. The van der Waals surface area contributed by atoms with E-state index in [1.165, 1.54) is 19.3 Å². The Morgan fingerprint density at radius 1 is 0.667 bits per heavy atom. The zero-order chi connectivity index (χ0) is 16.3. The molecule has 0 aliphatic heterocycles. The highest BCUT2D eigenvalue weighted by atomic mass is 14.7. The zero-order valence-corrected chi connectivity index (χ0v) is 16.3. The highest BCUT2D eigenvalue weighted by molar-refractivity contribution is 5.17. The van der Waals surface area contributed by atoms with Crippen LogP contribution in [-0.2, 0) is 0 Å². The third-order valence-electron chi connectivity index (χ3n) is 10.4. The summed E-state index contributed by atoms with van der Waals surface area (Å²) in [6.07, 6.45) is 27.1. The molecule has 5 aliphatic carbocycles. The van der Waals surface area contributed by atoms with E-state index >= 15 is 0 Å². The van der Waals surface area contributed by atoms with Gasteiger partial charge in [0.1, 0.15) is 0 Å². The smallest absolute Gasteiger partial charge is 0.0184 e. The van der Waals surface area contributed by atoms with Gasteiger partial charge in [0.2, 0.25) is 0 Å². The molecule has 4 bridgehead atoms. The maximum atomic E-state index is 2.37. The van der Waals surface area contributed by atoms with Crippen molar-refractivity contribution in [3.63, 3.8) is 0 Å². The van der Waals surface area contributed by atoms with Crippen molar-refractivity contribution in [1.29, 1.82) is 0 Å². The molecule has 0 saturated heterocycles. The SMILES string of the molecule is CCCCC1CCC(C23CCC(CC2)C3)(C23CCC(CC2)C3)CC1. The number of unbranched alkanes of at least 4 members (excludes halogenated alkanes) is 1. The van der Waals surface area contributed by atoms with Gasteiger partial charge in [-0.2, -0.15) is 0 Å². The molecule has 0 aromatic carbocycles. The lowest BCUT2D eigenvalue weighted by Gasteiger charge is -2.61. The second kappa shape index (κ2) is 5.75. The van der Waals surface area contributed by atoms with Crippen LogP contribution in [0, 0.1) is 34.0 Å². The van der Waals surface area contributed by atoms with Crippen molar-refractivity contribution >= 4 is 0 Å². The molecule has 0 aromatic heterocycles. The second-order valence-electron chi connectivity index (χ2n) is 11.0. The molecule has 0 heterocycles. The van der Waals surface area contributed by atoms with Crippen LogP contribution >= 0.6 is 0 Å². The standard InChI is InChI=1S/C24H40/c1-2-3-4-19-9-15-24(16-10-19,22-11-5-20(17-22)6-12-22)23-13-7-21(18-23)8-14-23/h19-21H,2-18H2,1H3. The van der Waals surface area contributed by atoms with Gasteiger partial charge in [0.05, 0.1) is 0 Å². The zero-order valence-electron chi connectivity index (χ0n) is 16.3. The Bertz CT molecular complexity index is 418. The molecule has 0 atom stereocenters. The molecule has 136 valence electrons. The molecule has 0 N–H and O–H groups in total. The van der Waals surface area contributed by atoms with Crippen LogP contribution in [0.2, 0.25) is 0 Å². The van der Waals surface area contributed by atoms with E-state index in [9.17, 15) is 0 Å². The average molecular weight is 329 g/mol. The fraction of sp³-hybridized carbons (Fsp3) is 1.00. The average Bonchev–Trinajstić information content (AvgIpc) is 3.41. The Balaban J connectivity index is 1.45. The monoisotopic (exact) mass is 328 g/mol. The fourth-order valence-electron chi connectivity index (χ4n) is 9.30. The van der Waals surface area contributed by atoms with Gasteiger partial charge in [0, 0.05) is 0 Å². The molecule has 0 aromatic rings. The lowest BCUT2D eigenvalue weighted by molar-refractivity contribution is -0.118. The number of hydrogen-bond acceptors (Lipinski definition) is 0. The van der Waals surface area contributed by atoms with Crippen LogP contribution in [0.4, 0.5) is 0 Å². The summed E-state index contributed by atoms with van der Waals surface area (Å²) in [6, 6.07) is 0. The van der Waals surface area contributed by atoms with Crippen molar-refractivity contribution in [3.05, 3.63) is 0 Å². The van der Waals surface area contributed by atoms with Crippen molar-refractivity contribution < 1.29 is 0 Å². The lowest BCUT2D eigenvalue weighted by Crippen LogP contribution is -2.52. The highest BCUT2D eigenvalue weighted by Gasteiger charge is 2.67. The number of hydrogen-bond donors (Lipinski definition) is 0. The maximum Gasteiger partial charge on any atom is -0.0184 e. The minimum absolute atomic E-state index is 0.791. The summed E-state index contributed by atoms with van der Waals surface area (Å²) in [6.45, 7) is 2.37. The number of rotatable bonds is 5. The first-order valence-electron chi connectivity index (χ1n) is 11.7. The van der Waals surface area contributed by atoms with E-state index < -0.39 is 0 Å². The van der Waals surface area contributed by atoms with Crippen molar-refractivity contribution in [2.75, 3.05) is 0 Å². The van der Waals surface area contributed by atoms with Gasteiger partial charge in [-0.15, -0.1) is 0 Å². The van der Waals surface area contributed by atoms with Crippen LogP contribution in [0.1, 0.15) is 116 Å². The van der Waals surface area contributed by atoms with Gasteiger partial charge in [-0.3, -0.25) is 0 Å². The molecule has 5 rings (SSSR count). The Hall–Kier alpha value is 0. The fourth-order valence-corrected chi connectivity index (χ4v) is 9.30. The summed E-state index contributed by atoms with van der Waals surface area (Å²) >= 11 is 0. The van der Waals surface area contributed by atoms with E-state index in [4.69, 9.17) is 0 Å². The molecule has 24 heavy (non-hydrogen) atoms. The van der Waals surface area contributed by atoms with E-state index in [0.717, 1.165) is 34.0 Å². The molecule has 5 saturated carbocycles. The quantitative estimate of drug-likeness (QED) is 0.489. The first kappa shape index (κ1) is 16.2. The predicted molar refractivity (Wildman–Crippen MR) is 102 cm³/mol. The Kier molecular flexibility index (Phi) is 3.88. The van der Waals surface area contributed by atoms with Crippen molar-refractivity contribution in [2.24, 2.45) is 34.0 Å². The third-order valence-corrected chi connectivity index (χ3v) is 10.4. The molecular formula is C24H40. The minimum atomic E-state index is 0.791. The van der Waals surface area contributed by atoms with Crippen molar-refractivity contribution in [1.82, 2.24) is 0 Å². The molecule has 0 heteroatoms. The molecule has 0 unspecified atom stereocenters. The van der Waals surface area contributed by atoms with Crippen LogP contribution in [0.25, 0.3) is 0 Å². The summed E-state index contributed by atoms with van der Waals surface area (Å²) in [5, 5.41) is 0. The molecular weight excluding hydrogens is 288 g/mol. The molecule has 0 radical (unpaired) electrons. The van der Waals surface area contributed by atoms with Gasteiger partial charge in [-0.25, -0.2) is 0 Å². The van der Waals surface area contributed by atoms with E-state index in [1.54, 1.807) is 89.9 Å². The maximum absolute atomic E-state index is 2.37. The Morgan fingerprint density at radius 2 is 1.17 bits per heavy atom. The van der Waals surface area contributed by atoms with Crippen LogP contribution in [0.15, 0.2) is 0 Å². The van der Waals surface area contributed by atoms with Crippen molar-refractivity contribution in [3.8, 4) is 0 Å². The van der Waals surface area contributed by atoms with Gasteiger partial charge in [-0.1, -0.05) is 26.2 Å². The Morgan fingerprint density at radius 3 is 1.54 bits per heavy atom. The van der Waals surface area contributed by atoms with Crippen LogP contribution in [0.5, 0.6) is 0 Å². The predicted octanol–water partition coefficient (Wildman–Crippen LogP) is 7.51. The van der Waals surface area contributed by atoms with E-state index in [2.05, 4.69) is 6.92 Å². The molecule has 5 fully saturated rings. The molecule has 5 aliphatic rings. The number of fused-ring (bicyclic) bond motifs is 4. The summed E-state index contributed by atoms with van der Waals surface area (Å²) in [5.74, 6) is 3.35. The highest BCUT2D eigenvalue weighted by Crippen LogP contribution is 2.77. The van der Waals surface area contributed by atoms with Gasteiger partial charge in [-0.05, 0) is 124 Å². The van der Waals surface area contributed by atoms with Gasteiger partial charge in [0.25, 0.3) is 0 Å². The molecule has 0 spiro atoms. The second-order valence-corrected chi connectivity index (χ2v) is 11.0. The van der Waals surface area contributed by atoms with Gasteiger partial charge < -0.3 is 0 Å². The van der Waals surface area contributed by atoms with Crippen LogP contribution in [0.3, 0.4) is 0 Å². The minimum Gasteiger partial charge on any atom is -0.0654 e. The molecule has 0 amide bonds. The first-order chi connectivity index (χ1) is 11.7. The normalized spacial score (nSPS) is 53.1. The van der Waals surface area contributed by atoms with E-state index in [-0.39, 0.29) is 0 Å². The molecule has 0 nitrogen and oxygen atoms in total. The largest absolute Gasteiger partial charge is 0.0654 e. The Labute approximate surface area is 150 Å². The van der Waals surface area contributed by atoms with E-state index in [0.29, 0.717) is 0 Å². The topological polar surface area (TPSA) is 0 Å². The van der Waals surface area contributed by atoms with E-state index in [1.807, 2.05) is 0 Å². The van der Waals surface area contributed by atoms with Crippen LogP contribution in [-0.4, -0.2) is 0 Å². The van der Waals surface area contributed by atoms with Crippen molar-refractivity contribution in [2.45, 2.75) is 116 Å². The summed E-state index contributed by atoms with van der Waals surface area (Å²) in [4.78, 5) is 0. The van der Waals surface area contributed by atoms with Gasteiger partial charge in [0.15, 0.2) is 0 Å². The lowest BCUT2D eigenvalue weighted by atomic mass is 9.43. The van der Waals surface area contributed by atoms with Gasteiger partial charge >= 0.3 is 0 Å². The first-order valence-corrected chi connectivity index (χ1v) is 11.7. The summed E-state index contributed by atoms with van der Waals surface area (Å²) < 4.78 is 0. The summed E-state index contributed by atoms with van der Waals surface area (Å²) in [5.41, 5.74) is 2.42. The van der Waals surface area contributed by atoms with Crippen LogP contribution < -0.4 is 0 Å². The summed E-state index contributed by atoms with van der Waals surface area (Å²) in [7, 11) is 0.